The van der Waals surface area contributed by atoms with Crippen molar-refractivity contribution in [3.8, 4) is 23.0 Å². The minimum atomic E-state index is -0.0661. The molecule has 1 aromatic heterocycles. The lowest BCUT2D eigenvalue weighted by Crippen LogP contribution is -2.31. The molecule has 0 saturated heterocycles. The number of nitrogens with one attached hydrogen (secondary N) is 1. The Kier molecular flexibility index (Phi) is 3.75. The van der Waals surface area contributed by atoms with Crippen LogP contribution in [0.3, 0.4) is 0 Å². The topological polar surface area (TPSA) is 73.6 Å². The van der Waals surface area contributed by atoms with Crippen molar-refractivity contribution in [3.05, 3.63) is 29.7 Å². The van der Waals surface area contributed by atoms with E-state index in [1.54, 1.807) is 0 Å². The molecule has 6 nitrogen and oxygen atoms in total. The Bertz CT molecular complexity index is 706. The Morgan fingerprint density at radius 1 is 1.32 bits per heavy atom. The molecule has 0 radical (unpaired) electrons. The zero-order valence-electron chi connectivity index (χ0n) is 12.8. The van der Waals surface area contributed by atoms with E-state index < -0.39 is 0 Å². The molecule has 0 unspecified atom stereocenters. The van der Waals surface area contributed by atoms with Gasteiger partial charge in [-0.2, -0.15) is 0 Å². The summed E-state index contributed by atoms with van der Waals surface area (Å²) in [7, 11) is 0. The number of benzene rings is 1. The lowest BCUT2D eigenvalue weighted by atomic mass is 10.2. The fourth-order valence-corrected chi connectivity index (χ4v) is 2.27. The van der Waals surface area contributed by atoms with Crippen LogP contribution in [0.2, 0.25) is 0 Å². The van der Waals surface area contributed by atoms with Crippen molar-refractivity contribution in [1.82, 2.24) is 10.3 Å². The molecule has 0 atom stereocenters. The Hall–Kier alpha value is -2.50. The molecule has 1 aromatic carbocycles. The molecule has 0 spiro atoms. The third-order valence-corrected chi connectivity index (χ3v) is 3.29. The van der Waals surface area contributed by atoms with E-state index in [0.717, 1.165) is 5.56 Å². The van der Waals surface area contributed by atoms with E-state index in [2.05, 4.69) is 10.3 Å². The highest BCUT2D eigenvalue weighted by Crippen LogP contribution is 2.36. The summed E-state index contributed by atoms with van der Waals surface area (Å²) in [5.74, 6) is 2.44. The highest BCUT2D eigenvalue weighted by Gasteiger charge is 2.18. The molecule has 1 aliphatic rings. The molecule has 22 heavy (non-hydrogen) atoms. The van der Waals surface area contributed by atoms with Crippen LogP contribution in [0, 0.1) is 6.92 Å². The molecular weight excluding hydrogens is 284 g/mol. The van der Waals surface area contributed by atoms with Crippen molar-refractivity contribution < 1.29 is 18.7 Å². The molecule has 6 heteroatoms. The number of carbonyl (C=O) groups is 1. The van der Waals surface area contributed by atoms with Gasteiger partial charge in [-0.1, -0.05) is 0 Å². The van der Waals surface area contributed by atoms with Gasteiger partial charge in [0.2, 0.25) is 18.6 Å². The maximum Gasteiger partial charge on any atom is 0.231 e. The second-order valence-corrected chi connectivity index (χ2v) is 5.49. The van der Waals surface area contributed by atoms with Gasteiger partial charge in [0.25, 0.3) is 0 Å². The average molecular weight is 302 g/mol. The second-order valence-electron chi connectivity index (χ2n) is 5.49. The van der Waals surface area contributed by atoms with Gasteiger partial charge in [0.15, 0.2) is 11.5 Å². The molecule has 1 aliphatic heterocycles. The molecule has 0 bridgehead atoms. The first-order chi connectivity index (χ1) is 10.5. The number of nitrogens with zero attached hydrogens (tertiary/aromatic N) is 1. The summed E-state index contributed by atoms with van der Waals surface area (Å²) in [4.78, 5) is 16.3. The number of oxazole rings is 1. The van der Waals surface area contributed by atoms with E-state index in [1.165, 1.54) is 0 Å². The van der Waals surface area contributed by atoms with Crippen LogP contribution >= 0.6 is 0 Å². The normalized spacial score (nSPS) is 12.7. The van der Waals surface area contributed by atoms with Crippen LogP contribution in [0.4, 0.5) is 0 Å². The van der Waals surface area contributed by atoms with Crippen LogP contribution in [0.15, 0.2) is 22.6 Å². The van der Waals surface area contributed by atoms with E-state index in [9.17, 15) is 4.79 Å². The minimum Gasteiger partial charge on any atom is -0.454 e. The number of fused-ring (bicyclic) bond motifs is 1. The number of aromatic nitrogens is 1. The molecule has 1 amide bonds. The van der Waals surface area contributed by atoms with Crippen molar-refractivity contribution in [1.29, 1.82) is 0 Å². The highest BCUT2D eigenvalue weighted by atomic mass is 16.7. The van der Waals surface area contributed by atoms with Gasteiger partial charge in [0.1, 0.15) is 5.76 Å². The van der Waals surface area contributed by atoms with Gasteiger partial charge < -0.3 is 19.2 Å². The molecule has 2 heterocycles. The highest BCUT2D eigenvalue weighted by molar-refractivity contribution is 5.78. The number of amides is 1. The maximum absolute atomic E-state index is 11.8. The number of hydrogen-bond acceptors (Lipinski definition) is 5. The van der Waals surface area contributed by atoms with Crippen LogP contribution in [-0.4, -0.2) is 23.7 Å². The van der Waals surface area contributed by atoms with Crippen molar-refractivity contribution in [2.75, 3.05) is 6.79 Å². The van der Waals surface area contributed by atoms with E-state index in [4.69, 9.17) is 13.9 Å². The van der Waals surface area contributed by atoms with Crippen LogP contribution in [-0.2, 0) is 11.2 Å². The Morgan fingerprint density at radius 2 is 2.09 bits per heavy atom. The lowest BCUT2D eigenvalue weighted by Gasteiger charge is -2.06. The summed E-state index contributed by atoms with van der Waals surface area (Å²) in [6.07, 6.45) is 0.206. The molecule has 0 saturated carbocycles. The van der Waals surface area contributed by atoms with Gasteiger partial charge >= 0.3 is 0 Å². The van der Waals surface area contributed by atoms with Crippen molar-refractivity contribution in [2.24, 2.45) is 0 Å². The quantitative estimate of drug-likeness (QED) is 0.939. The zero-order chi connectivity index (χ0) is 15.7. The van der Waals surface area contributed by atoms with E-state index in [0.29, 0.717) is 28.8 Å². The predicted octanol–water partition coefficient (Wildman–Crippen LogP) is 2.45. The van der Waals surface area contributed by atoms with Crippen molar-refractivity contribution in [2.45, 2.75) is 33.2 Å². The van der Waals surface area contributed by atoms with Crippen LogP contribution in [0.5, 0.6) is 11.5 Å². The standard InChI is InChI=1S/C16H18N2O4/c1-9(2)17-15(19)7-12-10(3)22-16(18-12)11-4-5-13-14(6-11)21-8-20-13/h4-6,9H,7-8H2,1-3H3,(H,17,19). The molecule has 2 aromatic rings. The molecule has 3 rings (SSSR count). The van der Waals surface area contributed by atoms with Crippen molar-refractivity contribution >= 4 is 5.91 Å². The van der Waals surface area contributed by atoms with E-state index >= 15 is 0 Å². The first-order valence-electron chi connectivity index (χ1n) is 7.18. The van der Waals surface area contributed by atoms with Gasteiger partial charge in [0, 0.05) is 11.6 Å². The largest absolute Gasteiger partial charge is 0.454 e. The van der Waals surface area contributed by atoms with Gasteiger partial charge in [-0.3, -0.25) is 4.79 Å². The van der Waals surface area contributed by atoms with Crippen LogP contribution < -0.4 is 14.8 Å². The fourth-order valence-electron chi connectivity index (χ4n) is 2.27. The minimum absolute atomic E-state index is 0.0661. The molecule has 0 aliphatic carbocycles. The van der Waals surface area contributed by atoms with Gasteiger partial charge in [-0.05, 0) is 39.0 Å². The Balaban J connectivity index is 1.81. The summed E-state index contributed by atoms with van der Waals surface area (Å²) >= 11 is 0. The number of aryl methyl sites for hydroxylation is 1. The summed E-state index contributed by atoms with van der Waals surface area (Å²) in [5.41, 5.74) is 1.44. The number of carbonyl (C=O) groups excluding carboxylic acids is 1. The van der Waals surface area contributed by atoms with E-state index in [-0.39, 0.29) is 25.2 Å². The number of rotatable bonds is 4. The smallest absolute Gasteiger partial charge is 0.231 e. The SMILES string of the molecule is Cc1oc(-c2ccc3c(c2)OCO3)nc1CC(=O)NC(C)C. The summed E-state index contributed by atoms with van der Waals surface area (Å²) in [6.45, 7) is 5.88. The monoisotopic (exact) mass is 302 g/mol. The fraction of sp³-hybridized carbons (Fsp3) is 0.375. The average Bonchev–Trinajstić information content (AvgIpc) is 3.04. The predicted molar refractivity (Wildman–Crippen MR) is 79.8 cm³/mol. The van der Waals surface area contributed by atoms with Crippen LogP contribution in [0.1, 0.15) is 25.3 Å². The summed E-state index contributed by atoms with van der Waals surface area (Å²) in [6, 6.07) is 5.61. The van der Waals surface area contributed by atoms with Crippen LogP contribution in [0.25, 0.3) is 11.5 Å². The molecule has 1 N–H and O–H groups in total. The maximum atomic E-state index is 11.8. The first-order valence-corrected chi connectivity index (χ1v) is 7.18. The number of hydrogen-bond donors (Lipinski definition) is 1. The molecular formula is C16H18N2O4. The Morgan fingerprint density at radius 3 is 2.86 bits per heavy atom. The van der Waals surface area contributed by atoms with Crippen molar-refractivity contribution in [3.63, 3.8) is 0 Å². The lowest BCUT2D eigenvalue weighted by molar-refractivity contribution is -0.121. The molecule has 0 fully saturated rings. The Labute approximate surface area is 128 Å². The summed E-state index contributed by atoms with van der Waals surface area (Å²) < 4.78 is 16.3. The molecule has 116 valence electrons. The third-order valence-electron chi connectivity index (χ3n) is 3.29. The summed E-state index contributed by atoms with van der Waals surface area (Å²) in [5, 5.41) is 2.84. The number of ether oxygens (including phenoxy) is 2. The zero-order valence-corrected chi connectivity index (χ0v) is 12.8. The van der Waals surface area contributed by atoms with Gasteiger partial charge in [-0.25, -0.2) is 4.98 Å². The third kappa shape index (κ3) is 2.90. The van der Waals surface area contributed by atoms with E-state index in [1.807, 2.05) is 39.0 Å². The second kappa shape index (κ2) is 5.71. The van der Waals surface area contributed by atoms with Gasteiger partial charge in [-0.15, -0.1) is 0 Å². The first kappa shape index (κ1) is 14.4. The van der Waals surface area contributed by atoms with Gasteiger partial charge in [0.05, 0.1) is 12.1 Å².